The van der Waals surface area contributed by atoms with Crippen LogP contribution in [0.4, 0.5) is 10.1 Å². The minimum Gasteiger partial charge on any atom is -0.385 e. The zero-order valence-electron chi connectivity index (χ0n) is 7.89. The Balaban J connectivity index is 1.91. The topological polar surface area (TPSA) is 12.0 Å². The summed E-state index contributed by atoms with van der Waals surface area (Å²) in [6.45, 7) is 0.973. The maximum Gasteiger partial charge on any atom is 0.139 e. The van der Waals surface area contributed by atoms with Crippen LogP contribution in [0.15, 0.2) is 22.7 Å². The van der Waals surface area contributed by atoms with Crippen LogP contribution < -0.4 is 5.32 Å². The Morgan fingerprint density at radius 3 is 2.79 bits per heavy atom. The highest BCUT2D eigenvalue weighted by atomic mass is 79.9. The van der Waals surface area contributed by atoms with Gasteiger partial charge < -0.3 is 5.32 Å². The Kier molecular flexibility index (Phi) is 3.06. The predicted molar refractivity (Wildman–Crippen MR) is 59.9 cm³/mol. The monoisotopic (exact) mass is 257 g/mol. The SMILES string of the molecule is Fc1cc(NCC2CCC2)ccc1Br. The minimum atomic E-state index is -0.205. The van der Waals surface area contributed by atoms with Gasteiger partial charge in [0.1, 0.15) is 5.82 Å². The van der Waals surface area contributed by atoms with Crippen molar-refractivity contribution in [2.75, 3.05) is 11.9 Å². The zero-order chi connectivity index (χ0) is 9.97. The lowest BCUT2D eigenvalue weighted by Crippen LogP contribution is -2.20. The average molecular weight is 258 g/mol. The van der Waals surface area contributed by atoms with Crippen LogP contribution in [0.3, 0.4) is 0 Å². The molecule has 0 saturated heterocycles. The third-order valence-electron chi connectivity index (χ3n) is 2.74. The smallest absolute Gasteiger partial charge is 0.139 e. The van der Waals surface area contributed by atoms with E-state index in [2.05, 4.69) is 21.2 Å². The summed E-state index contributed by atoms with van der Waals surface area (Å²) in [5, 5.41) is 3.25. The first-order chi connectivity index (χ1) is 6.75. The molecule has 76 valence electrons. The molecule has 1 aliphatic rings. The van der Waals surface area contributed by atoms with Crippen molar-refractivity contribution in [3.05, 3.63) is 28.5 Å². The summed E-state index contributed by atoms with van der Waals surface area (Å²) in [5.41, 5.74) is 0.873. The van der Waals surface area contributed by atoms with Crippen molar-refractivity contribution in [3.8, 4) is 0 Å². The lowest BCUT2D eigenvalue weighted by atomic mass is 9.85. The van der Waals surface area contributed by atoms with Gasteiger partial charge in [-0.25, -0.2) is 4.39 Å². The van der Waals surface area contributed by atoms with Crippen molar-refractivity contribution >= 4 is 21.6 Å². The molecule has 1 aromatic rings. The molecule has 0 aromatic heterocycles. The molecule has 0 spiro atoms. The highest BCUT2D eigenvalue weighted by molar-refractivity contribution is 9.10. The third-order valence-corrected chi connectivity index (χ3v) is 3.38. The van der Waals surface area contributed by atoms with E-state index in [0.29, 0.717) is 4.47 Å². The van der Waals surface area contributed by atoms with Gasteiger partial charge in [0.05, 0.1) is 4.47 Å². The number of nitrogens with one attached hydrogen (secondary N) is 1. The first-order valence-electron chi connectivity index (χ1n) is 4.94. The van der Waals surface area contributed by atoms with Crippen molar-refractivity contribution < 1.29 is 4.39 Å². The van der Waals surface area contributed by atoms with Gasteiger partial charge in [0.25, 0.3) is 0 Å². The Bertz CT molecular complexity index is 323. The third kappa shape index (κ3) is 2.27. The molecule has 1 aromatic carbocycles. The largest absolute Gasteiger partial charge is 0.385 e. The normalized spacial score (nSPS) is 16.4. The summed E-state index contributed by atoms with van der Waals surface area (Å²) in [7, 11) is 0. The molecular weight excluding hydrogens is 245 g/mol. The van der Waals surface area contributed by atoms with Gasteiger partial charge in [-0.1, -0.05) is 6.42 Å². The zero-order valence-corrected chi connectivity index (χ0v) is 9.48. The second-order valence-corrected chi connectivity index (χ2v) is 4.66. The molecule has 1 nitrogen and oxygen atoms in total. The average Bonchev–Trinajstić information content (AvgIpc) is 2.08. The van der Waals surface area contributed by atoms with E-state index >= 15 is 0 Å². The number of hydrogen-bond donors (Lipinski definition) is 1. The molecule has 3 heteroatoms. The Morgan fingerprint density at radius 2 is 2.21 bits per heavy atom. The Morgan fingerprint density at radius 1 is 1.43 bits per heavy atom. The number of halogens is 2. The van der Waals surface area contributed by atoms with Gasteiger partial charge in [0.15, 0.2) is 0 Å². The van der Waals surface area contributed by atoms with Crippen molar-refractivity contribution in [3.63, 3.8) is 0 Å². The molecule has 1 N–H and O–H groups in total. The van der Waals surface area contributed by atoms with Gasteiger partial charge >= 0.3 is 0 Å². The van der Waals surface area contributed by atoms with Crippen LogP contribution in [0.5, 0.6) is 0 Å². The van der Waals surface area contributed by atoms with E-state index in [0.717, 1.165) is 18.2 Å². The van der Waals surface area contributed by atoms with E-state index in [1.807, 2.05) is 6.07 Å². The van der Waals surface area contributed by atoms with Crippen LogP contribution in [0.25, 0.3) is 0 Å². The summed E-state index contributed by atoms with van der Waals surface area (Å²) in [4.78, 5) is 0. The standard InChI is InChI=1S/C11H13BrFN/c12-10-5-4-9(6-11(10)13)14-7-8-2-1-3-8/h4-6,8,14H,1-3,7H2. The molecule has 0 amide bonds. The number of hydrogen-bond acceptors (Lipinski definition) is 1. The highest BCUT2D eigenvalue weighted by Crippen LogP contribution is 2.27. The minimum absolute atomic E-state index is 0.205. The summed E-state index contributed by atoms with van der Waals surface area (Å²) in [6.07, 6.45) is 3.97. The number of anilines is 1. The molecule has 0 unspecified atom stereocenters. The van der Waals surface area contributed by atoms with Crippen LogP contribution in [-0.2, 0) is 0 Å². The van der Waals surface area contributed by atoms with Gasteiger partial charge in [-0.15, -0.1) is 0 Å². The number of benzene rings is 1. The second-order valence-electron chi connectivity index (χ2n) is 3.81. The van der Waals surface area contributed by atoms with Crippen molar-refractivity contribution in [2.24, 2.45) is 5.92 Å². The van der Waals surface area contributed by atoms with Crippen LogP contribution in [0.1, 0.15) is 19.3 Å². The molecule has 1 aliphatic carbocycles. The summed E-state index contributed by atoms with van der Waals surface area (Å²) in [5.74, 6) is 0.588. The molecule has 0 aliphatic heterocycles. The van der Waals surface area contributed by atoms with E-state index in [1.54, 1.807) is 6.07 Å². The lowest BCUT2D eigenvalue weighted by molar-refractivity contribution is 0.333. The highest BCUT2D eigenvalue weighted by Gasteiger charge is 2.16. The van der Waals surface area contributed by atoms with Crippen molar-refractivity contribution in [1.82, 2.24) is 0 Å². The molecule has 0 atom stereocenters. The summed E-state index contributed by atoms with van der Waals surface area (Å²) >= 11 is 3.13. The maximum absolute atomic E-state index is 13.1. The fourth-order valence-electron chi connectivity index (χ4n) is 1.57. The summed E-state index contributed by atoms with van der Waals surface area (Å²) in [6, 6.07) is 5.16. The van der Waals surface area contributed by atoms with E-state index in [4.69, 9.17) is 0 Å². The van der Waals surface area contributed by atoms with Crippen LogP contribution in [-0.4, -0.2) is 6.54 Å². The van der Waals surface area contributed by atoms with E-state index in [1.165, 1.54) is 25.3 Å². The van der Waals surface area contributed by atoms with Gasteiger partial charge in [-0.05, 0) is 52.9 Å². The fraction of sp³-hybridized carbons (Fsp3) is 0.455. The molecule has 0 radical (unpaired) electrons. The lowest BCUT2D eigenvalue weighted by Gasteiger charge is -2.25. The summed E-state index contributed by atoms with van der Waals surface area (Å²) < 4.78 is 13.6. The van der Waals surface area contributed by atoms with E-state index in [-0.39, 0.29) is 5.82 Å². The van der Waals surface area contributed by atoms with E-state index in [9.17, 15) is 4.39 Å². The maximum atomic E-state index is 13.1. The second kappa shape index (κ2) is 4.30. The van der Waals surface area contributed by atoms with Gasteiger partial charge in [0, 0.05) is 12.2 Å². The molecular formula is C11H13BrFN. The fourth-order valence-corrected chi connectivity index (χ4v) is 1.81. The Hall–Kier alpha value is -0.570. The van der Waals surface area contributed by atoms with Crippen LogP contribution >= 0.6 is 15.9 Å². The molecule has 1 fully saturated rings. The van der Waals surface area contributed by atoms with Crippen LogP contribution in [0.2, 0.25) is 0 Å². The van der Waals surface area contributed by atoms with E-state index < -0.39 is 0 Å². The van der Waals surface area contributed by atoms with Gasteiger partial charge in [-0.2, -0.15) is 0 Å². The quantitative estimate of drug-likeness (QED) is 0.869. The Labute approximate surface area is 91.8 Å². The first-order valence-corrected chi connectivity index (χ1v) is 5.74. The van der Waals surface area contributed by atoms with Crippen LogP contribution in [0, 0.1) is 11.7 Å². The van der Waals surface area contributed by atoms with Crippen molar-refractivity contribution in [2.45, 2.75) is 19.3 Å². The first kappa shape index (κ1) is 9.97. The van der Waals surface area contributed by atoms with Crippen molar-refractivity contribution in [1.29, 1.82) is 0 Å². The molecule has 0 heterocycles. The number of rotatable bonds is 3. The molecule has 2 rings (SSSR count). The molecule has 14 heavy (non-hydrogen) atoms. The van der Waals surface area contributed by atoms with Gasteiger partial charge in [-0.3, -0.25) is 0 Å². The predicted octanol–water partition coefficient (Wildman–Crippen LogP) is 3.80. The van der Waals surface area contributed by atoms with Gasteiger partial charge in [0.2, 0.25) is 0 Å². The molecule has 1 saturated carbocycles. The molecule has 0 bridgehead atoms.